The van der Waals surface area contributed by atoms with Crippen molar-refractivity contribution >= 4 is 5.97 Å². The van der Waals surface area contributed by atoms with Crippen LogP contribution in [-0.4, -0.2) is 37.2 Å². The van der Waals surface area contributed by atoms with Crippen LogP contribution in [0.2, 0.25) is 0 Å². The third kappa shape index (κ3) is 8.30. The molecule has 0 aliphatic heterocycles. The Morgan fingerprint density at radius 3 is 1.78 bits per heavy atom. The average molecular weight is 524 g/mol. The first kappa shape index (κ1) is 29.3. The molecule has 36 heavy (non-hydrogen) atoms. The van der Waals surface area contributed by atoms with Crippen molar-refractivity contribution < 1.29 is 49.7 Å². The standard InChI is InChI=1S/C25H27F7O4/c1-2-3-4-5-6-7-16-34-19-12-14-21(15-13-19)36-22(33)18-8-10-20(11-9-18)35-17-23(26,27)24(28,29)25(30,31)32/h8-15H,2-7,16-17H2,1H3. The summed E-state index contributed by atoms with van der Waals surface area (Å²) in [5.74, 6) is -12.2. The zero-order chi connectivity index (χ0) is 26.8. The summed E-state index contributed by atoms with van der Waals surface area (Å²) in [6, 6.07) is 10.4. The van der Waals surface area contributed by atoms with Gasteiger partial charge in [0.05, 0.1) is 12.2 Å². The quantitative estimate of drug-likeness (QED) is 0.109. The first-order valence-corrected chi connectivity index (χ1v) is 11.4. The zero-order valence-corrected chi connectivity index (χ0v) is 19.6. The molecule has 0 saturated carbocycles. The number of hydrogen-bond acceptors (Lipinski definition) is 4. The van der Waals surface area contributed by atoms with Crippen molar-refractivity contribution in [2.75, 3.05) is 13.2 Å². The first-order chi connectivity index (χ1) is 16.9. The number of unbranched alkanes of at least 4 members (excludes halogenated alkanes) is 5. The van der Waals surface area contributed by atoms with Crippen molar-refractivity contribution in [1.29, 1.82) is 0 Å². The van der Waals surface area contributed by atoms with Crippen LogP contribution in [0.25, 0.3) is 0 Å². The first-order valence-electron chi connectivity index (χ1n) is 11.4. The molecule has 0 aliphatic carbocycles. The van der Waals surface area contributed by atoms with Crippen LogP contribution in [-0.2, 0) is 0 Å². The van der Waals surface area contributed by atoms with Crippen LogP contribution in [0.5, 0.6) is 17.2 Å². The van der Waals surface area contributed by atoms with Gasteiger partial charge in [0.25, 0.3) is 0 Å². The van der Waals surface area contributed by atoms with Crippen LogP contribution < -0.4 is 14.2 Å². The van der Waals surface area contributed by atoms with Gasteiger partial charge in [0.15, 0.2) is 6.61 Å². The fourth-order valence-corrected chi connectivity index (χ4v) is 3.00. The van der Waals surface area contributed by atoms with E-state index in [-0.39, 0.29) is 11.3 Å². The van der Waals surface area contributed by atoms with E-state index in [9.17, 15) is 35.5 Å². The molecule has 200 valence electrons. The van der Waals surface area contributed by atoms with E-state index in [0.717, 1.165) is 37.1 Å². The van der Waals surface area contributed by atoms with Crippen molar-refractivity contribution in [3.05, 3.63) is 54.1 Å². The lowest BCUT2D eigenvalue weighted by Crippen LogP contribution is -2.54. The predicted octanol–water partition coefficient (Wildman–Crippen LogP) is 7.86. The number of halogens is 7. The van der Waals surface area contributed by atoms with Crippen molar-refractivity contribution in [3.8, 4) is 17.2 Å². The van der Waals surface area contributed by atoms with E-state index in [1.807, 2.05) is 0 Å². The molecule has 2 rings (SSSR count). The third-order valence-electron chi connectivity index (χ3n) is 5.13. The van der Waals surface area contributed by atoms with Crippen LogP contribution in [0.4, 0.5) is 30.7 Å². The Labute approximate surface area is 204 Å². The van der Waals surface area contributed by atoms with Gasteiger partial charge in [0.2, 0.25) is 0 Å². The molecule has 0 unspecified atom stereocenters. The highest BCUT2D eigenvalue weighted by atomic mass is 19.4. The van der Waals surface area contributed by atoms with E-state index >= 15 is 0 Å². The molecule has 0 amide bonds. The molecule has 0 radical (unpaired) electrons. The summed E-state index contributed by atoms with van der Waals surface area (Å²) in [7, 11) is 0. The van der Waals surface area contributed by atoms with Gasteiger partial charge in [-0.1, -0.05) is 39.0 Å². The summed E-state index contributed by atoms with van der Waals surface area (Å²) in [5.41, 5.74) is -0.0295. The SMILES string of the molecule is CCCCCCCCOc1ccc(OC(=O)c2ccc(OCC(F)(F)C(F)(F)C(F)(F)F)cc2)cc1. The molecule has 0 saturated heterocycles. The highest BCUT2D eigenvalue weighted by Gasteiger charge is 2.73. The molecule has 11 heteroatoms. The van der Waals surface area contributed by atoms with E-state index in [1.54, 1.807) is 12.1 Å². The van der Waals surface area contributed by atoms with Gasteiger partial charge in [0, 0.05) is 0 Å². The van der Waals surface area contributed by atoms with Gasteiger partial charge in [-0.05, 0) is 55.0 Å². The lowest BCUT2D eigenvalue weighted by molar-refractivity contribution is -0.358. The number of ether oxygens (including phenoxy) is 3. The highest BCUT2D eigenvalue weighted by Crippen LogP contribution is 2.46. The summed E-state index contributed by atoms with van der Waals surface area (Å²) in [6.07, 6.45) is 0.372. The number of carbonyl (C=O) groups excluding carboxylic acids is 1. The molecule has 0 N–H and O–H groups in total. The number of rotatable bonds is 14. The largest absolute Gasteiger partial charge is 0.494 e. The van der Waals surface area contributed by atoms with Gasteiger partial charge < -0.3 is 14.2 Å². The van der Waals surface area contributed by atoms with Gasteiger partial charge >= 0.3 is 24.0 Å². The zero-order valence-electron chi connectivity index (χ0n) is 19.6. The van der Waals surface area contributed by atoms with Crippen molar-refractivity contribution in [2.45, 2.75) is 63.5 Å². The van der Waals surface area contributed by atoms with Crippen molar-refractivity contribution in [3.63, 3.8) is 0 Å². The molecule has 0 atom stereocenters. The molecule has 0 aromatic heterocycles. The minimum absolute atomic E-state index is 0.0295. The molecule has 2 aromatic carbocycles. The fraction of sp³-hybridized carbons (Fsp3) is 0.480. The fourth-order valence-electron chi connectivity index (χ4n) is 3.00. The summed E-state index contributed by atoms with van der Waals surface area (Å²) in [4.78, 5) is 12.2. The normalized spacial score (nSPS) is 12.3. The van der Waals surface area contributed by atoms with Crippen molar-refractivity contribution in [2.24, 2.45) is 0 Å². The summed E-state index contributed by atoms with van der Waals surface area (Å²) in [5, 5.41) is 0. The summed E-state index contributed by atoms with van der Waals surface area (Å²) < 4.78 is 104. The lowest BCUT2D eigenvalue weighted by Gasteiger charge is -2.27. The molecule has 0 bridgehead atoms. The van der Waals surface area contributed by atoms with Gasteiger partial charge in [0.1, 0.15) is 17.2 Å². The second-order valence-corrected chi connectivity index (χ2v) is 8.07. The molecule has 0 fully saturated rings. The van der Waals surface area contributed by atoms with E-state index in [1.165, 1.54) is 37.8 Å². The van der Waals surface area contributed by atoms with Crippen LogP contribution >= 0.6 is 0 Å². The van der Waals surface area contributed by atoms with E-state index < -0.39 is 36.3 Å². The minimum atomic E-state index is -6.44. The van der Waals surface area contributed by atoms with Crippen LogP contribution in [0.15, 0.2) is 48.5 Å². The number of esters is 1. The number of alkyl halides is 7. The van der Waals surface area contributed by atoms with E-state index in [0.29, 0.717) is 12.4 Å². The smallest absolute Gasteiger partial charge is 0.460 e. The molecule has 4 nitrogen and oxygen atoms in total. The summed E-state index contributed by atoms with van der Waals surface area (Å²) in [6.45, 7) is 0.514. The van der Waals surface area contributed by atoms with Gasteiger partial charge in [-0.25, -0.2) is 4.79 Å². The average Bonchev–Trinajstić information content (AvgIpc) is 2.82. The third-order valence-corrected chi connectivity index (χ3v) is 5.13. The van der Waals surface area contributed by atoms with Crippen LogP contribution in [0.1, 0.15) is 55.8 Å². The molecule has 0 heterocycles. The summed E-state index contributed by atoms with van der Waals surface area (Å²) >= 11 is 0. The number of benzene rings is 2. The Morgan fingerprint density at radius 1 is 0.694 bits per heavy atom. The van der Waals surface area contributed by atoms with Crippen LogP contribution in [0, 0.1) is 0 Å². The Balaban J connectivity index is 1.82. The van der Waals surface area contributed by atoms with Crippen molar-refractivity contribution in [1.82, 2.24) is 0 Å². The second-order valence-electron chi connectivity index (χ2n) is 8.07. The monoisotopic (exact) mass is 524 g/mol. The minimum Gasteiger partial charge on any atom is -0.494 e. The Hall–Kier alpha value is -2.98. The predicted molar refractivity (Wildman–Crippen MR) is 118 cm³/mol. The van der Waals surface area contributed by atoms with Gasteiger partial charge in [-0.3, -0.25) is 0 Å². The maximum atomic E-state index is 13.3. The molecule has 0 spiro atoms. The second kappa shape index (κ2) is 12.8. The Kier molecular flexibility index (Phi) is 10.4. The highest BCUT2D eigenvalue weighted by molar-refractivity contribution is 5.91. The Morgan fingerprint density at radius 2 is 1.19 bits per heavy atom. The van der Waals surface area contributed by atoms with E-state index in [2.05, 4.69) is 11.7 Å². The maximum Gasteiger partial charge on any atom is 0.460 e. The lowest BCUT2D eigenvalue weighted by atomic mass is 10.1. The molecular formula is C25H27F7O4. The van der Waals surface area contributed by atoms with Gasteiger partial charge in [-0.15, -0.1) is 0 Å². The maximum absolute atomic E-state index is 13.3. The molecular weight excluding hydrogens is 497 g/mol. The number of carbonyl (C=O) groups is 1. The van der Waals surface area contributed by atoms with Crippen LogP contribution in [0.3, 0.4) is 0 Å². The molecule has 0 aliphatic rings. The Bertz CT molecular complexity index is 942. The number of hydrogen-bond donors (Lipinski definition) is 0. The molecule has 2 aromatic rings. The topological polar surface area (TPSA) is 44.8 Å². The van der Waals surface area contributed by atoms with E-state index in [4.69, 9.17) is 9.47 Å². The van der Waals surface area contributed by atoms with Gasteiger partial charge in [-0.2, -0.15) is 30.7 Å².